The van der Waals surface area contributed by atoms with Crippen molar-refractivity contribution in [1.82, 2.24) is 14.8 Å². The molecule has 4 rings (SSSR count). The maximum absolute atomic E-state index is 12.9. The quantitative estimate of drug-likeness (QED) is 0.406. The van der Waals surface area contributed by atoms with Crippen molar-refractivity contribution in [3.63, 3.8) is 0 Å². The van der Waals surface area contributed by atoms with Gasteiger partial charge in [0.1, 0.15) is 12.2 Å². The average molecular weight is 477 g/mol. The van der Waals surface area contributed by atoms with Crippen LogP contribution < -0.4 is 10.6 Å². The smallest absolute Gasteiger partial charge is 0.325 e. The minimum atomic E-state index is -0.630. The van der Waals surface area contributed by atoms with Crippen molar-refractivity contribution in [1.29, 1.82) is 0 Å². The number of carbonyl (C=O) groups excluding carboxylic acids is 3. The lowest BCUT2D eigenvalue weighted by Gasteiger charge is -2.13. The van der Waals surface area contributed by atoms with Crippen LogP contribution in [0.4, 0.5) is 10.5 Å². The van der Waals surface area contributed by atoms with Gasteiger partial charge >= 0.3 is 6.03 Å². The van der Waals surface area contributed by atoms with E-state index in [1.54, 1.807) is 12.1 Å². The van der Waals surface area contributed by atoms with Crippen LogP contribution in [0.25, 0.3) is 11.8 Å². The summed E-state index contributed by atoms with van der Waals surface area (Å²) in [6, 6.07) is 14.3. The van der Waals surface area contributed by atoms with Crippen LogP contribution in [0, 0.1) is 27.7 Å². The maximum atomic E-state index is 12.9. The van der Waals surface area contributed by atoms with Gasteiger partial charge in [0.2, 0.25) is 5.91 Å². The lowest BCUT2D eigenvalue weighted by molar-refractivity contribution is -0.127. The van der Waals surface area contributed by atoms with Crippen LogP contribution >= 0.6 is 11.6 Å². The van der Waals surface area contributed by atoms with Gasteiger partial charge in [0.15, 0.2) is 0 Å². The minimum Gasteiger partial charge on any atom is -0.325 e. The number of imide groups is 1. The number of aromatic nitrogens is 1. The SMILES string of the molecule is Cc1cccc(NC(=O)CN2C(=O)N/C(=C/c3cc(C)n(-c4cc(Cl)ccc4C)c3C)C2=O)c1. The van der Waals surface area contributed by atoms with E-state index in [0.29, 0.717) is 10.7 Å². The number of hydrogen-bond donors (Lipinski definition) is 2. The summed E-state index contributed by atoms with van der Waals surface area (Å²) in [5.74, 6) is -1.00. The first kappa shape index (κ1) is 23.3. The number of carbonyl (C=O) groups is 3. The topological polar surface area (TPSA) is 83.4 Å². The summed E-state index contributed by atoms with van der Waals surface area (Å²) in [5, 5.41) is 5.93. The molecule has 1 aromatic heterocycles. The number of benzene rings is 2. The first-order valence-corrected chi connectivity index (χ1v) is 11.2. The fraction of sp³-hybridized carbons (Fsp3) is 0.192. The molecule has 2 N–H and O–H groups in total. The third-order valence-corrected chi connectivity index (χ3v) is 5.98. The molecule has 0 saturated carbocycles. The molecule has 2 aromatic carbocycles. The summed E-state index contributed by atoms with van der Waals surface area (Å²) in [4.78, 5) is 38.7. The van der Waals surface area contributed by atoms with Crippen molar-refractivity contribution in [2.75, 3.05) is 11.9 Å². The van der Waals surface area contributed by atoms with E-state index in [2.05, 4.69) is 15.2 Å². The number of nitrogens with one attached hydrogen (secondary N) is 2. The lowest BCUT2D eigenvalue weighted by atomic mass is 10.2. The Morgan fingerprint density at radius 3 is 2.56 bits per heavy atom. The van der Waals surface area contributed by atoms with Gasteiger partial charge in [-0.25, -0.2) is 9.69 Å². The van der Waals surface area contributed by atoms with E-state index in [9.17, 15) is 14.4 Å². The number of amides is 4. The highest BCUT2D eigenvalue weighted by molar-refractivity contribution is 6.30. The number of rotatable bonds is 5. The van der Waals surface area contributed by atoms with Gasteiger partial charge in [-0.3, -0.25) is 9.59 Å². The van der Waals surface area contributed by atoms with Gasteiger partial charge in [-0.2, -0.15) is 0 Å². The Morgan fingerprint density at radius 1 is 1.06 bits per heavy atom. The van der Waals surface area contributed by atoms with Crippen LogP contribution in [0.2, 0.25) is 5.02 Å². The van der Waals surface area contributed by atoms with Crippen LogP contribution in [0.3, 0.4) is 0 Å². The molecule has 1 aliphatic rings. The zero-order valence-corrected chi connectivity index (χ0v) is 20.2. The monoisotopic (exact) mass is 476 g/mol. The zero-order valence-electron chi connectivity index (χ0n) is 19.4. The van der Waals surface area contributed by atoms with Gasteiger partial charge < -0.3 is 15.2 Å². The molecule has 8 heteroatoms. The highest BCUT2D eigenvalue weighted by Crippen LogP contribution is 2.27. The molecule has 1 aliphatic heterocycles. The summed E-state index contributed by atoms with van der Waals surface area (Å²) in [5.41, 5.74) is 6.36. The molecule has 2 heterocycles. The minimum absolute atomic E-state index is 0.122. The largest absolute Gasteiger partial charge is 0.329 e. The Bertz CT molecular complexity index is 1360. The van der Waals surface area contributed by atoms with E-state index in [0.717, 1.165) is 38.7 Å². The third kappa shape index (κ3) is 4.61. The first-order valence-electron chi connectivity index (χ1n) is 10.8. The van der Waals surface area contributed by atoms with Gasteiger partial charge in [0.05, 0.1) is 0 Å². The Balaban J connectivity index is 1.56. The molecule has 0 unspecified atom stereocenters. The Hall–Kier alpha value is -3.84. The van der Waals surface area contributed by atoms with E-state index in [1.807, 2.05) is 70.2 Å². The number of aryl methyl sites for hydroxylation is 3. The molecule has 0 aliphatic carbocycles. The van der Waals surface area contributed by atoms with Gasteiger partial charge in [0, 0.05) is 27.8 Å². The van der Waals surface area contributed by atoms with Crippen molar-refractivity contribution in [2.24, 2.45) is 0 Å². The summed E-state index contributed by atoms with van der Waals surface area (Å²) < 4.78 is 2.06. The number of halogens is 1. The van der Waals surface area contributed by atoms with Crippen molar-refractivity contribution >= 4 is 41.2 Å². The first-order chi connectivity index (χ1) is 16.1. The van der Waals surface area contributed by atoms with Crippen LogP contribution in [0.15, 0.2) is 54.2 Å². The molecule has 0 bridgehead atoms. The van der Waals surface area contributed by atoms with Crippen LogP contribution in [-0.4, -0.2) is 33.9 Å². The second kappa shape index (κ2) is 9.19. The van der Waals surface area contributed by atoms with Crippen LogP contribution in [0.5, 0.6) is 0 Å². The normalized spacial score (nSPS) is 14.6. The van der Waals surface area contributed by atoms with Gasteiger partial charge in [-0.1, -0.05) is 29.8 Å². The molecule has 3 aromatic rings. The molecule has 0 spiro atoms. The van der Waals surface area contributed by atoms with E-state index in [1.165, 1.54) is 0 Å². The molecule has 7 nitrogen and oxygen atoms in total. The maximum Gasteiger partial charge on any atom is 0.329 e. The van der Waals surface area contributed by atoms with Crippen molar-refractivity contribution in [3.05, 3.63) is 87.3 Å². The Morgan fingerprint density at radius 2 is 1.82 bits per heavy atom. The van der Waals surface area contributed by atoms with E-state index in [4.69, 9.17) is 11.6 Å². The van der Waals surface area contributed by atoms with Crippen LogP contribution in [0.1, 0.15) is 28.1 Å². The average Bonchev–Trinajstić information content (AvgIpc) is 3.19. The molecule has 34 heavy (non-hydrogen) atoms. The predicted molar refractivity (Wildman–Crippen MR) is 133 cm³/mol. The highest BCUT2D eigenvalue weighted by Gasteiger charge is 2.35. The molecule has 0 atom stereocenters. The fourth-order valence-electron chi connectivity index (χ4n) is 4.07. The second-order valence-corrected chi connectivity index (χ2v) is 8.83. The van der Waals surface area contributed by atoms with E-state index in [-0.39, 0.29) is 12.2 Å². The van der Waals surface area contributed by atoms with Crippen molar-refractivity contribution in [3.8, 4) is 5.69 Å². The fourth-order valence-corrected chi connectivity index (χ4v) is 4.23. The zero-order chi connectivity index (χ0) is 24.6. The summed E-state index contributed by atoms with van der Waals surface area (Å²) in [6.45, 7) is 7.44. The molecule has 174 valence electrons. The number of nitrogens with zero attached hydrogens (tertiary/aromatic N) is 2. The standard InChI is InChI=1S/C26H25ClN4O3/c1-15-6-5-7-21(10-15)28-24(32)14-30-25(33)22(29-26(30)34)12-19-11-17(3)31(18(19)4)23-13-20(27)9-8-16(23)2/h5-13H,14H2,1-4H3,(H,28,32)(H,29,34)/b22-12+. The summed E-state index contributed by atoms with van der Waals surface area (Å²) in [6.07, 6.45) is 1.64. The molecule has 4 amide bonds. The van der Waals surface area contributed by atoms with Gasteiger partial charge in [-0.15, -0.1) is 0 Å². The third-order valence-electron chi connectivity index (χ3n) is 5.75. The molecular weight excluding hydrogens is 452 g/mol. The molecule has 1 fully saturated rings. The van der Waals surface area contributed by atoms with E-state index >= 15 is 0 Å². The molecular formula is C26H25ClN4O3. The predicted octanol–water partition coefficient (Wildman–Crippen LogP) is 4.90. The Kier molecular flexibility index (Phi) is 6.30. The van der Waals surface area contributed by atoms with Gasteiger partial charge in [-0.05, 0) is 80.8 Å². The van der Waals surface area contributed by atoms with Gasteiger partial charge in [0.25, 0.3) is 5.91 Å². The summed E-state index contributed by atoms with van der Waals surface area (Å²) in [7, 11) is 0. The lowest BCUT2D eigenvalue weighted by Crippen LogP contribution is -2.38. The summed E-state index contributed by atoms with van der Waals surface area (Å²) >= 11 is 6.21. The number of anilines is 1. The highest BCUT2D eigenvalue weighted by atomic mass is 35.5. The molecule has 0 radical (unpaired) electrons. The van der Waals surface area contributed by atoms with Crippen molar-refractivity contribution < 1.29 is 14.4 Å². The van der Waals surface area contributed by atoms with Crippen molar-refractivity contribution in [2.45, 2.75) is 27.7 Å². The molecule has 1 saturated heterocycles. The number of hydrogen-bond acceptors (Lipinski definition) is 3. The number of urea groups is 1. The second-order valence-electron chi connectivity index (χ2n) is 8.39. The van der Waals surface area contributed by atoms with Crippen LogP contribution in [-0.2, 0) is 9.59 Å². The Labute approximate surface area is 203 Å². The van der Waals surface area contributed by atoms with E-state index < -0.39 is 17.8 Å².